The van der Waals surface area contributed by atoms with E-state index < -0.39 is 0 Å². The average Bonchev–Trinajstić information content (AvgIpc) is 2.72. The lowest BCUT2D eigenvalue weighted by atomic mass is 9.78. The van der Waals surface area contributed by atoms with Gasteiger partial charge in [-0.1, -0.05) is 6.92 Å². The third-order valence-electron chi connectivity index (χ3n) is 3.79. The van der Waals surface area contributed by atoms with Crippen molar-refractivity contribution in [3.63, 3.8) is 0 Å². The molecule has 4 heteroatoms. The maximum Gasteiger partial charge on any atom is 0.0943 e. The number of thiazole rings is 1. The molecule has 0 radical (unpaired) electrons. The van der Waals surface area contributed by atoms with Crippen molar-refractivity contribution in [3.8, 4) is 0 Å². The fourth-order valence-corrected chi connectivity index (χ4v) is 3.73. The van der Waals surface area contributed by atoms with E-state index in [0.29, 0.717) is 12.1 Å². The van der Waals surface area contributed by atoms with Gasteiger partial charge in [0.15, 0.2) is 0 Å². The van der Waals surface area contributed by atoms with E-state index in [-0.39, 0.29) is 0 Å². The number of nitrogens with one attached hydrogen (secondary N) is 1. The Hall–Kier alpha value is -0.450. The third kappa shape index (κ3) is 4.55. The molecule has 1 N–H and O–H groups in total. The van der Waals surface area contributed by atoms with Gasteiger partial charge in [0.1, 0.15) is 0 Å². The first-order valence-corrected chi connectivity index (χ1v) is 8.35. The second kappa shape index (κ2) is 7.36. The highest BCUT2D eigenvalue weighted by Crippen LogP contribution is 2.34. The Morgan fingerprint density at radius 1 is 1.47 bits per heavy atom. The van der Waals surface area contributed by atoms with Crippen molar-refractivity contribution in [2.24, 2.45) is 5.92 Å². The van der Waals surface area contributed by atoms with Crippen LogP contribution >= 0.6 is 11.3 Å². The molecule has 1 unspecified atom stereocenters. The molecule has 1 saturated carbocycles. The van der Waals surface area contributed by atoms with Gasteiger partial charge in [-0.15, -0.1) is 11.3 Å². The van der Waals surface area contributed by atoms with Crippen LogP contribution in [-0.4, -0.2) is 30.3 Å². The summed E-state index contributed by atoms with van der Waals surface area (Å²) in [6.45, 7) is 8.23. The molecule has 1 aliphatic carbocycles. The lowest BCUT2D eigenvalue weighted by molar-refractivity contribution is -0.0289. The number of likely N-dealkylation sites (N-methyl/N-ethyl adjacent to an activating group) is 1. The minimum atomic E-state index is 0.527. The lowest BCUT2D eigenvalue weighted by Gasteiger charge is -2.37. The van der Waals surface area contributed by atoms with Crippen LogP contribution < -0.4 is 5.32 Å². The molecule has 1 aliphatic rings. The third-order valence-corrected chi connectivity index (χ3v) is 4.78. The summed E-state index contributed by atoms with van der Waals surface area (Å²) in [6, 6.07) is 0.572. The van der Waals surface area contributed by atoms with Crippen LogP contribution in [0.25, 0.3) is 0 Å². The van der Waals surface area contributed by atoms with Gasteiger partial charge in [-0.3, -0.25) is 0 Å². The Morgan fingerprint density at radius 3 is 2.84 bits per heavy atom. The normalized spacial score (nSPS) is 24.2. The van der Waals surface area contributed by atoms with Crippen LogP contribution in [0.1, 0.15) is 43.8 Å². The second-order valence-corrected chi connectivity index (χ2v) is 6.43. The highest BCUT2D eigenvalue weighted by atomic mass is 32.1. The molecule has 0 bridgehead atoms. The minimum absolute atomic E-state index is 0.527. The SMILES string of the molecule is CCNC(Cc1nc(C)cs1)CC1CC(OCC)C1. The molecule has 19 heavy (non-hydrogen) atoms. The number of aromatic nitrogens is 1. The zero-order valence-electron chi connectivity index (χ0n) is 12.3. The van der Waals surface area contributed by atoms with Crippen LogP contribution in [0.5, 0.6) is 0 Å². The van der Waals surface area contributed by atoms with Crippen LogP contribution in [0.15, 0.2) is 5.38 Å². The number of hydrogen-bond donors (Lipinski definition) is 1. The molecule has 3 nitrogen and oxygen atoms in total. The van der Waals surface area contributed by atoms with Crippen LogP contribution in [0.4, 0.5) is 0 Å². The van der Waals surface area contributed by atoms with E-state index in [0.717, 1.165) is 31.2 Å². The zero-order chi connectivity index (χ0) is 13.7. The van der Waals surface area contributed by atoms with Gasteiger partial charge in [-0.05, 0) is 45.6 Å². The van der Waals surface area contributed by atoms with Crippen molar-refractivity contribution in [2.75, 3.05) is 13.2 Å². The molecule has 1 heterocycles. The molecule has 2 rings (SSSR count). The molecule has 108 valence electrons. The van der Waals surface area contributed by atoms with Crippen LogP contribution in [0.2, 0.25) is 0 Å². The first-order valence-electron chi connectivity index (χ1n) is 7.47. The monoisotopic (exact) mass is 282 g/mol. The van der Waals surface area contributed by atoms with Gasteiger partial charge >= 0.3 is 0 Å². The van der Waals surface area contributed by atoms with Crippen molar-refractivity contribution < 1.29 is 4.74 Å². The van der Waals surface area contributed by atoms with Gasteiger partial charge in [0.25, 0.3) is 0 Å². The summed E-state index contributed by atoms with van der Waals surface area (Å²) in [5.74, 6) is 0.835. The quantitative estimate of drug-likeness (QED) is 0.795. The summed E-state index contributed by atoms with van der Waals surface area (Å²) in [5, 5.41) is 7.03. The fraction of sp³-hybridized carbons (Fsp3) is 0.800. The van der Waals surface area contributed by atoms with E-state index in [1.54, 1.807) is 11.3 Å². The smallest absolute Gasteiger partial charge is 0.0943 e. The predicted octanol–water partition coefficient (Wildman–Crippen LogP) is 3.18. The topological polar surface area (TPSA) is 34.2 Å². The minimum Gasteiger partial charge on any atom is -0.378 e. The highest BCUT2D eigenvalue weighted by Gasteiger charge is 2.31. The fourth-order valence-electron chi connectivity index (χ4n) is 2.88. The van der Waals surface area contributed by atoms with Crippen molar-refractivity contribution in [1.82, 2.24) is 10.3 Å². The molecule has 0 amide bonds. The molecule has 1 aromatic heterocycles. The lowest BCUT2D eigenvalue weighted by Crippen LogP contribution is -2.39. The zero-order valence-corrected chi connectivity index (χ0v) is 13.1. The Labute approximate surface area is 120 Å². The Balaban J connectivity index is 1.77. The maximum atomic E-state index is 5.64. The predicted molar refractivity (Wildman–Crippen MR) is 80.8 cm³/mol. The van der Waals surface area contributed by atoms with Crippen molar-refractivity contribution >= 4 is 11.3 Å². The van der Waals surface area contributed by atoms with Crippen molar-refractivity contribution in [2.45, 2.75) is 58.6 Å². The molecule has 1 aromatic rings. The molecular formula is C15H26N2OS. The summed E-state index contributed by atoms with van der Waals surface area (Å²) in [7, 11) is 0. The van der Waals surface area contributed by atoms with Gasteiger partial charge < -0.3 is 10.1 Å². The second-order valence-electron chi connectivity index (χ2n) is 5.49. The standard InChI is InChI=1S/C15H26N2OS/c1-4-16-13(9-15-17-11(3)10-19-15)6-12-7-14(8-12)18-5-2/h10,12-14,16H,4-9H2,1-3H3. The van der Waals surface area contributed by atoms with Gasteiger partial charge in [0.2, 0.25) is 0 Å². The Bertz CT molecular complexity index is 374. The van der Waals surface area contributed by atoms with E-state index in [2.05, 4.69) is 36.5 Å². The van der Waals surface area contributed by atoms with E-state index >= 15 is 0 Å². The molecule has 1 atom stereocenters. The van der Waals surface area contributed by atoms with Crippen LogP contribution in [0.3, 0.4) is 0 Å². The van der Waals surface area contributed by atoms with Gasteiger partial charge in [0, 0.05) is 30.1 Å². The van der Waals surface area contributed by atoms with Crippen molar-refractivity contribution in [3.05, 3.63) is 16.1 Å². The number of aryl methyl sites for hydroxylation is 1. The van der Waals surface area contributed by atoms with Gasteiger partial charge in [0.05, 0.1) is 11.1 Å². The molecule has 0 spiro atoms. The highest BCUT2D eigenvalue weighted by molar-refractivity contribution is 7.09. The Morgan fingerprint density at radius 2 is 2.26 bits per heavy atom. The largest absolute Gasteiger partial charge is 0.378 e. The molecule has 0 aliphatic heterocycles. The van der Waals surface area contributed by atoms with E-state index in [1.807, 2.05) is 0 Å². The first kappa shape index (κ1) is 14.9. The maximum absolute atomic E-state index is 5.64. The number of hydrogen-bond acceptors (Lipinski definition) is 4. The summed E-state index contributed by atoms with van der Waals surface area (Å²) in [4.78, 5) is 4.58. The number of ether oxygens (including phenoxy) is 1. The summed E-state index contributed by atoms with van der Waals surface area (Å²) < 4.78 is 5.64. The van der Waals surface area contributed by atoms with E-state index in [1.165, 1.54) is 24.3 Å². The van der Waals surface area contributed by atoms with Crippen LogP contribution in [0, 0.1) is 12.8 Å². The molecule has 1 fully saturated rings. The van der Waals surface area contributed by atoms with Gasteiger partial charge in [-0.25, -0.2) is 4.98 Å². The Kier molecular flexibility index (Phi) is 5.79. The summed E-state index contributed by atoms with van der Waals surface area (Å²) >= 11 is 1.79. The first-order chi connectivity index (χ1) is 9.21. The molecular weight excluding hydrogens is 256 g/mol. The van der Waals surface area contributed by atoms with E-state index in [4.69, 9.17) is 4.74 Å². The summed E-state index contributed by atoms with van der Waals surface area (Å²) in [6.07, 6.45) is 5.34. The number of nitrogens with zero attached hydrogens (tertiary/aromatic N) is 1. The molecule has 0 aromatic carbocycles. The average molecular weight is 282 g/mol. The van der Waals surface area contributed by atoms with Crippen molar-refractivity contribution in [1.29, 1.82) is 0 Å². The number of rotatable bonds is 8. The van der Waals surface area contributed by atoms with E-state index in [9.17, 15) is 0 Å². The van der Waals surface area contributed by atoms with Crippen LogP contribution in [-0.2, 0) is 11.2 Å². The molecule has 0 saturated heterocycles. The summed E-state index contributed by atoms with van der Waals surface area (Å²) in [5.41, 5.74) is 1.15. The van der Waals surface area contributed by atoms with Gasteiger partial charge in [-0.2, -0.15) is 0 Å².